The molecule has 1 fully saturated rings. The number of nitrogens with one attached hydrogen (secondary N) is 1. The van der Waals surface area contributed by atoms with E-state index in [9.17, 15) is 9.90 Å². The highest BCUT2D eigenvalue weighted by Gasteiger charge is 2.36. The van der Waals surface area contributed by atoms with E-state index >= 15 is 0 Å². The molecule has 1 aliphatic heterocycles. The smallest absolute Gasteiger partial charge is 0.259 e. The minimum Gasteiger partial charge on any atom is -0.375 e. The maximum Gasteiger partial charge on any atom is 0.259 e. The molecule has 1 saturated heterocycles. The van der Waals surface area contributed by atoms with Crippen molar-refractivity contribution in [2.45, 2.75) is 12.5 Å². The summed E-state index contributed by atoms with van der Waals surface area (Å²) in [5, 5.41) is 13.5. The Kier molecular flexibility index (Phi) is 3.40. The summed E-state index contributed by atoms with van der Waals surface area (Å²) in [5.41, 5.74) is -0.963. The van der Waals surface area contributed by atoms with Crippen molar-refractivity contribution >= 4 is 5.91 Å². The average Bonchev–Trinajstić information content (AvgIpc) is 2.40. The third-order valence-corrected chi connectivity index (χ3v) is 3.04. The Labute approximate surface area is 100 Å². The Hall–Kier alpha value is -1.46. The number of aliphatic hydroxyl groups is 1. The highest BCUT2D eigenvalue weighted by Crippen LogP contribution is 2.22. The average molecular weight is 235 g/mol. The molecule has 5 nitrogen and oxygen atoms in total. The molecule has 0 aliphatic carbocycles. The molecule has 1 amide bonds. The number of carbonyl (C=O) groups is 1. The summed E-state index contributed by atoms with van der Waals surface area (Å²) in [6.45, 7) is 4.34. The van der Waals surface area contributed by atoms with Gasteiger partial charge in [-0.1, -0.05) is 6.07 Å². The van der Waals surface area contributed by atoms with Gasteiger partial charge in [0, 0.05) is 44.1 Å². The van der Waals surface area contributed by atoms with Crippen molar-refractivity contribution in [2.24, 2.45) is 0 Å². The lowest BCUT2D eigenvalue weighted by molar-refractivity contribution is -0.151. The highest BCUT2D eigenvalue weighted by atomic mass is 16.3. The van der Waals surface area contributed by atoms with Gasteiger partial charge in [0.15, 0.2) is 5.60 Å². The topological polar surface area (TPSA) is 65.5 Å². The van der Waals surface area contributed by atoms with Crippen LogP contribution in [-0.2, 0) is 10.4 Å². The Morgan fingerprint density at radius 3 is 2.82 bits per heavy atom. The summed E-state index contributed by atoms with van der Waals surface area (Å²) >= 11 is 0. The molecular formula is C12H17N3O2. The largest absolute Gasteiger partial charge is 0.375 e. The van der Waals surface area contributed by atoms with Crippen molar-refractivity contribution in [3.05, 3.63) is 30.1 Å². The second-order valence-corrected chi connectivity index (χ2v) is 4.36. The zero-order chi connectivity index (χ0) is 12.3. The van der Waals surface area contributed by atoms with Crippen LogP contribution >= 0.6 is 0 Å². The van der Waals surface area contributed by atoms with E-state index in [-0.39, 0.29) is 5.91 Å². The fraction of sp³-hybridized carbons (Fsp3) is 0.500. The van der Waals surface area contributed by atoms with Gasteiger partial charge in [-0.15, -0.1) is 0 Å². The predicted molar refractivity (Wildman–Crippen MR) is 63.3 cm³/mol. The van der Waals surface area contributed by atoms with Crippen molar-refractivity contribution < 1.29 is 9.90 Å². The summed E-state index contributed by atoms with van der Waals surface area (Å²) in [7, 11) is 0. The molecule has 1 unspecified atom stereocenters. The van der Waals surface area contributed by atoms with Crippen molar-refractivity contribution in [1.29, 1.82) is 0 Å². The van der Waals surface area contributed by atoms with E-state index in [1.807, 2.05) is 0 Å². The molecule has 0 saturated carbocycles. The lowest BCUT2D eigenvalue weighted by Crippen LogP contribution is -2.52. The third-order valence-electron chi connectivity index (χ3n) is 3.04. The van der Waals surface area contributed by atoms with Gasteiger partial charge < -0.3 is 15.3 Å². The summed E-state index contributed by atoms with van der Waals surface area (Å²) in [5.74, 6) is -0.257. The second-order valence-electron chi connectivity index (χ2n) is 4.36. The van der Waals surface area contributed by atoms with E-state index in [0.29, 0.717) is 18.7 Å². The predicted octanol–water partition coefficient (Wildman–Crippen LogP) is -0.279. The summed E-state index contributed by atoms with van der Waals surface area (Å²) in [6, 6.07) is 3.43. The number of rotatable bonds is 2. The van der Waals surface area contributed by atoms with Crippen molar-refractivity contribution in [2.75, 3.05) is 26.2 Å². The van der Waals surface area contributed by atoms with Crippen molar-refractivity contribution in [1.82, 2.24) is 15.2 Å². The monoisotopic (exact) mass is 235 g/mol. The van der Waals surface area contributed by atoms with E-state index in [0.717, 1.165) is 13.1 Å². The minimum absolute atomic E-state index is 0.257. The van der Waals surface area contributed by atoms with Gasteiger partial charge in [-0.25, -0.2) is 0 Å². The van der Waals surface area contributed by atoms with Crippen LogP contribution in [0.2, 0.25) is 0 Å². The molecule has 1 atom stereocenters. The molecule has 1 aromatic heterocycles. The van der Waals surface area contributed by atoms with Crippen LogP contribution in [0.3, 0.4) is 0 Å². The number of amides is 1. The number of hydrogen-bond donors (Lipinski definition) is 2. The first kappa shape index (κ1) is 12.0. The van der Waals surface area contributed by atoms with E-state index in [4.69, 9.17) is 0 Å². The number of pyridine rings is 1. The lowest BCUT2D eigenvalue weighted by Gasteiger charge is -2.33. The molecule has 1 aromatic rings. The maximum atomic E-state index is 12.2. The molecule has 2 heterocycles. The summed E-state index contributed by atoms with van der Waals surface area (Å²) in [6.07, 6.45) is 3.15. The van der Waals surface area contributed by atoms with Gasteiger partial charge in [0.05, 0.1) is 0 Å². The van der Waals surface area contributed by atoms with Gasteiger partial charge in [-0.3, -0.25) is 9.78 Å². The molecular weight excluding hydrogens is 218 g/mol. The van der Waals surface area contributed by atoms with E-state index in [2.05, 4.69) is 10.3 Å². The first-order chi connectivity index (χ1) is 8.12. The number of piperazine rings is 1. The van der Waals surface area contributed by atoms with Crippen LogP contribution < -0.4 is 5.32 Å². The van der Waals surface area contributed by atoms with Gasteiger partial charge in [-0.2, -0.15) is 0 Å². The molecule has 0 aromatic carbocycles. The third kappa shape index (κ3) is 2.45. The number of nitrogens with zero attached hydrogens (tertiary/aromatic N) is 2. The SMILES string of the molecule is CC(O)(C(=O)N1CCNCC1)c1cccnc1. The Morgan fingerprint density at radius 2 is 2.24 bits per heavy atom. The van der Waals surface area contributed by atoms with Crippen molar-refractivity contribution in [3.63, 3.8) is 0 Å². The van der Waals surface area contributed by atoms with Gasteiger partial charge >= 0.3 is 0 Å². The lowest BCUT2D eigenvalue weighted by atomic mass is 9.96. The van der Waals surface area contributed by atoms with Gasteiger partial charge in [-0.05, 0) is 13.0 Å². The van der Waals surface area contributed by atoms with Crippen LogP contribution in [0.15, 0.2) is 24.5 Å². The first-order valence-electron chi connectivity index (χ1n) is 5.75. The zero-order valence-corrected chi connectivity index (χ0v) is 9.89. The highest BCUT2D eigenvalue weighted by molar-refractivity contribution is 5.85. The minimum atomic E-state index is -1.49. The normalized spacial score (nSPS) is 19.8. The van der Waals surface area contributed by atoms with Crippen LogP contribution in [-0.4, -0.2) is 47.1 Å². The fourth-order valence-electron chi connectivity index (χ4n) is 1.95. The number of hydrogen-bond acceptors (Lipinski definition) is 4. The van der Waals surface area contributed by atoms with Crippen LogP contribution in [0.4, 0.5) is 0 Å². The maximum absolute atomic E-state index is 12.2. The van der Waals surface area contributed by atoms with Crippen LogP contribution in [0.1, 0.15) is 12.5 Å². The fourth-order valence-corrected chi connectivity index (χ4v) is 1.95. The zero-order valence-electron chi connectivity index (χ0n) is 9.89. The van der Waals surface area contributed by atoms with E-state index < -0.39 is 5.60 Å². The molecule has 92 valence electrons. The Bertz CT molecular complexity index is 386. The van der Waals surface area contributed by atoms with Crippen LogP contribution in [0.5, 0.6) is 0 Å². The summed E-state index contributed by atoms with van der Waals surface area (Å²) in [4.78, 5) is 17.9. The molecule has 0 radical (unpaired) electrons. The van der Waals surface area contributed by atoms with Gasteiger partial charge in [0.25, 0.3) is 5.91 Å². The van der Waals surface area contributed by atoms with Crippen LogP contribution in [0.25, 0.3) is 0 Å². The molecule has 0 bridgehead atoms. The number of carbonyl (C=O) groups excluding carboxylic acids is 1. The molecule has 2 rings (SSSR count). The van der Waals surface area contributed by atoms with Gasteiger partial charge in [0.1, 0.15) is 0 Å². The second kappa shape index (κ2) is 4.81. The molecule has 2 N–H and O–H groups in total. The standard InChI is InChI=1S/C12H17N3O2/c1-12(17,10-3-2-4-14-9-10)11(16)15-7-5-13-6-8-15/h2-4,9,13,17H,5-8H2,1H3. The first-order valence-corrected chi connectivity index (χ1v) is 5.75. The van der Waals surface area contributed by atoms with Gasteiger partial charge in [0.2, 0.25) is 0 Å². The molecule has 5 heteroatoms. The molecule has 0 spiro atoms. The Balaban J connectivity index is 2.17. The number of aromatic nitrogens is 1. The van der Waals surface area contributed by atoms with E-state index in [1.54, 1.807) is 23.2 Å². The quantitative estimate of drug-likeness (QED) is 0.740. The molecule has 1 aliphatic rings. The molecule has 17 heavy (non-hydrogen) atoms. The van der Waals surface area contributed by atoms with E-state index in [1.165, 1.54) is 13.1 Å². The summed E-state index contributed by atoms with van der Waals surface area (Å²) < 4.78 is 0. The van der Waals surface area contributed by atoms with Crippen LogP contribution in [0, 0.1) is 0 Å². The Morgan fingerprint density at radius 1 is 1.53 bits per heavy atom. The van der Waals surface area contributed by atoms with Crippen molar-refractivity contribution in [3.8, 4) is 0 Å².